The van der Waals surface area contributed by atoms with Gasteiger partial charge in [0.15, 0.2) is 0 Å². The van der Waals surface area contributed by atoms with Gasteiger partial charge in [0.25, 0.3) is 5.56 Å². The first-order valence-corrected chi connectivity index (χ1v) is 12.1. The molecule has 0 bridgehead atoms. The van der Waals surface area contributed by atoms with Crippen molar-refractivity contribution in [3.05, 3.63) is 62.0 Å². The van der Waals surface area contributed by atoms with Gasteiger partial charge in [-0.25, -0.2) is 4.98 Å². The Hall–Kier alpha value is -2.51. The van der Waals surface area contributed by atoms with Gasteiger partial charge in [0.2, 0.25) is 5.91 Å². The van der Waals surface area contributed by atoms with Crippen LogP contribution in [0.4, 0.5) is 0 Å². The number of aromatic amines is 1. The smallest absolute Gasteiger partial charge is 0.259 e. The van der Waals surface area contributed by atoms with Gasteiger partial charge >= 0.3 is 0 Å². The van der Waals surface area contributed by atoms with Gasteiger partial charge in [-0.1, -0.05) is 24.3 Å². The third-order valence-corrected chi connectivity index (χ3v) is 7.59. The van der Waals surface area contributed by atoms with E-state index in [0.717, 1.165) is 49.1 Å². The van der Waals surface area contributed by atoms with Gasteiger partial charge in [-0.15, -0.1) is 11.3 Å². The number of nitrogens with one attached hydrogen (secondary N) is 2. The van der Waals surface area contributed by atoms with Gasteiger partial charge < -0.3 is 10.3 Å². The van der Waals surface area contributed by atoms with Crippen LogP contribution in [0.1, 0.15) is 53.1 Å². The Morgan fingerprint density at radius 3 is 2.77 bits per heavy atom. The summed E-state index contributed by atoms with van der Waals surface area (Å²) in [5.74, 6) is 0.578. The monoisotopic (exact) mass is 436 g/mol. The maximum Gasteiger partial charge on any atom is 0.259 e. The fraction of sp³-hybridized carbons (Fsp3) is 0.458. The Balaban J connectivity index is 1.19. The zero-order valence-corrected chi connectivity index (χ0v) is 18.5. The van der Waals surface area contributed by atoms with Crippen molar-refractivity contribution >= 4 is 27.5 Å². The lowest BCUT2D eigenvalue weighted by molar-refractivity contribution is -0.121. The topological polar surface area (TPSA) is 78.1 Å². The maximum atomic E-state index is 12.6. The number of nitrogens with zero attached hydrogens (tertiary/aromatic N) is 2. The van der Waals surface area contributed by atoms with Gasteiger partial charge in [0.05, 0.1) is 5.39 Å². The van der Waals surface area contributed by atoms with E-state index in [9.17, 15) is 9.59 Å². The van der Waals surface area contributed by atoms with Crippen LogP contribution < -0.4 is 10.9 Å². The molecule has 0 radical (unpaired) electrons. The lowest BCUT2D eigenvalue weighted by Gasteiger charge is -2.17. The van der Waals surface area contributed by atoms with Gasteiger partial charge in [0, 0.05) is 30.8 Å². The second-order valence-corrected chi connectivity index (χ2v) is 9.66. The van der Waals surface area contributed by atoms with E-state index in [-0.39, 0.29) is 11.5 Å². The van der Waals surface area contributed by atoms with Crippen molar-refractivity contribution < 1.29 is 4.79 Å². The highest BCUT2D eigenvalue weighted by molar-refractivity contribution is 7.18. The molecule has 0 spiro atoms. The first-order chi connectivity index (χ1) is 15.2. The van der Waals surface area contributed by atoms with Gasteiger partial charge in [-0.2, -0.15) is 0 Å². The van der Waals surface area contributed by atoms with E-state index in [0.29, 0.717) is 25.2 Å². The van der Waals surface area contributed by atoms with E-state index in [1.54, 1.807) is 11.3 Å². The van der Waals surface area contributed by atoms with E-state index in [1.807, 2.05) is 6.07 Å². The molecule has 1 fully saturated rings. The number of H-pyrrole nitrogens is 1. The zero-order valence-electron chi connectivity index (χ0n) is 17.7. The fourth-order valence-corrected chi connectivity index (χ4v) is 6.03. The van der Waals surface area contributed by atoms with Crippen molar-refractivity contribution in [2.75, 3.05) is 13.1 Å². The molecule has 1 aromatic carbocycles. The quantitative estimate of drug-likeness (QED) is 0.596. The molecule has 1 aliphatic carbocycles. The van der Waals surface area contributed by atoms with Crippen LogP contribution in [0.3, 0.4) is 0 Å². The summed E-state index contributed by atoms with van der Waals surface area (Å²) in [6, 6.07) is 8.34. The third kappa shape index (κ3) is 4.43. The predicted molar refractivity (Wildman–Crippen MR) is 123 cm³/mol. The molecule has 6 nitrogen and oxygen atoms in total. The number of aryl methyl sites for hydroxylation is 3. The molecule has 2 aromatic heterocycles. The number of hydrogen-bond donors (Lipinski definition) is 2. The summed E-state index contributed by atoms with van der Waals surface area (Å²) >= 11 is 1.64. The van der Waals surface area contributed by atoms with Gasteiger partial charge in [0.1, 0.15) is 10.7 Å². The van der Waals surface area contributed by atoms with Crippen LogP contribution in [0.15, 0.2) is 29.1 Å². The normalized spacial score (nSPS) is 16.1. The van der Waals surface area contributed by atoms with Crippen LogP contribution in [0.25, 0.3) is 10.2 Å². The van der Waals surface area contributed by atoms with Crippen LogP contribution in [0.5, 0.6) is 0 Å². The fourth-order valence-electron chi connectivity index (χ4n) is 4.75. The molecule has 3 heterocycles. The van der Waals surface area contributed by atoms with E-state index in [4.69, 9.17) is 0 Å². The maximum absolute atomic E-state index is 12.6. The summed E-state index contributed by atoms with van der Waals surface area (Å²) in [6.07, 6.45) is 6.44. The van der Waals surface area contributed by atoms with Crippen molar-refractivity contribution in [3.63, 3.8) is 0 Å². The van der Waals surface area contributed by atoms with Gasteiger partial charge in [-0.05, 0) is 61.9 Å². The second-order valence-electron chi connectivity index (χ2n) is 8.58. The molecule has 0 unspecified atom stereocenters. The lowest BCUT2D eigenvalue weighted by atomic mass is 10.1. The van der Waals surface area contributed by atoms with Gasteiger partial charge in [-0.3, -0.25) is 14.5 Å². The van der Waals surface area contributed by atoms with Crippen LogP contribution in [0, 0.1) is 0 Å². The van der Waals surface area contributed by atoms with Crippen LogP contribution in [-0.4, -0.2) is 33.9 Å². The second kappa shape index (κ2) is 8.93. The average molecular weight is 437 g/mol. The summed E-state index contributed by atoms with van der Waals surface area (Å²) in [7, 11) is 0. The molecule has 0 atom stereocenters. The summed E-state index contributed by atoms with van der Waals surface area (Å²) < 4.78 is 0. The Bertz CT molecular complexity index is 1160. The van der Waals surface area contributed by atoms with Crippen molar-refractivity contribution in [1.29, 1.82) is 0 Å². The molecule has 162 valence electrons. The van der Waals surface area contributed by atoms with Crippen molar-refractivity contribution in [2.45, 2.75) is 58.0 Å². The molecule has 1 saturated heterocycles. The zero-order chi connectivity index (χ0) is 21.2. The van der Waals surface area contributed by atoms with E-state index < -0.39 is 0 Å². The van der Waals surface area contributed by atoms with Crippen LogP contribution in [0.2, 0.25) is 0 Å². The van der Waals surface area contributed by atoms with Crippen molar-refractivity contribution in [2.24, 2.45) is 0 Å². The number of benzene rings is 1. The number of rotatable bonds is 7. The lowest BCUT2D eigenvalue weighted by Crippen LogP contribution is -2.25. The largest absolute Gasteiger partial charge is 0.352 e. The molecule has 1 amide bonds. The summed E-state index contributed by atoms with van der Waals surface area (Å²) in [5.41, 5.74) is 3.58. The molecule has 31 heavy (non-hydrogen) atoms. The molecule has 2 N–H and O–H groups in total. The van der Waals surface area contributed by atoms with E-state index in [2.05, 4.69) is 38.4 Å². The molecular weight excluding hydrogens is 408 g/mol. The van der Waals surface area contributed by atoms with E-state index in [1.165, 1.54) is 34.4 Å². The number of aromatic nitrogens is 2. The number of carbonyl (C=O) groups excluding carboxylic acids is 1. The molecule has 2 aliphatic rings. The standard InChI is InChI=1S/C24H28N4O2S/c29-21(25-14-16-6-1-2-7-17(16)15-28-12-3-4-13-28)11-10-20-26-23(30)22-18-8-5-9-19(18)31-24(22)27-20/h1-2,6-7H,3-5,8-15H2,(H,25,29)(H,26,27,30). The third-order valence-electron chi connectivity index (χ3n) is 6.40. The summed E-state index contributed by atoms with van der Waals surface area (Å²) in [4.78, 5) is 37.2. The molecule has 0 saturated carbocycles. The molecular formula is C24H28N4O2S. The number of fused-ring (bicyclic) bond motifs is 3. The van der Waals surface area contributed by atoms with Crippen LogP contribution >= 0.6 is 11.3 Å². The van der Waals surface area contributed by atoms with Crippen molar-refractivity contribution in [3.8, 4) is 0 Å². The summed E-state index contributed by atoms with van der Waals surface area (Å²) in [5, 5.41) is 3.81. The SMILES string of the molecule is O=C(CCc1nc2sc3c(c2c(=O)[nH]1)CCC3)NCc1ccccc1CN1CCCC1. The Kier molecular flexibility index (Phi) is 5.87. The van der Waals surface area contributed by atoms with Crippen molar-refractivity contribution in [1.82, 2.24) is 20.2 Å². The minimum absolute atomic E-state index is 0.0209. The number of hydrogen-bond acceptors (Lipinski definition) is 5. The minimum Gasteiger partial charge on any atom is -0.352 e. The number of amides is 1. The first-order valence-electron chi connectivity index (χ1n) is 11.3. The minimum atomic E-state index is -0.0596. The number of thiophene rings is 1. The Morgan fingerprint density at radius 2 is 1.94 bits per heavy atom. The number of likely N-dealkylation sites (tertiary alicyclic amines) is 1. The van der Waals surface area contributed by atoms with Crippen LogP contribution in [-0.2, 0) is 37.1 Å². The first kappa shape index (κ1) is 20.4. The Morgan fingerprint density at radius 1 is 1.13 bits per heavy atom. The highest BCUT2D eigenvalue weighted by Gasteiger charge is 2.21. The number of carbonyl (C=O) groups is 1. The molecule has 5 rings (SSSR count). The van der Waals surface area contributed by atoms with E-state index >= 15 is 0 Å². The highest BCUT2D eigenvalue weighted by Crippen LogP contribution is 2.34. The highest BCUT2D eigenvalue weighted by atomic mass is 32.1. The molecule has 3 aromatic rings. The molecule has 7 heteroatoms. The predicted octanol–water partition coefficient (Wildman–Crippen LogP) is 3.32. The molecule has 1 aliphatic heterocycles. The Labute approximate surface area is 185 Å². The summed E-state index contributed by atoms with van der Waals surface area (Å²) in [6.45, 7) is 3.79. The average Bonchev–Trinajstić information content (AvgIpc) is 3.49.